The predicted molar refractivity (Wildman–Crippen MR) is 129 cm³/mol. The van der Waals surface area contributed by atoms with Gasteiger partial charge in [-0.15, -0.1) is 0 Å². The van der Waals surface area contributed by atoms with E-state index in [1.807, 2.05) is 4.90 Å². The Kier molecular flexibility index (Phi) is 6.33. The van der Waals surface area contributed by atoms with Crippen molar-refractivity contribution in [1.29, 1.82) is 0 Å². The van der Waals surface area contributed by atoms with Crippen molar-refractivity contribution in [2.24, 2.45) is 0 Å². The summed E-state index contributed by atoms with van der Waals surface area (Å²) in [6.07, 6.45) is 6.79. The van der Waals surface area contributed by atoms with E-state index in [0.717, 1.165) is 25.2 Å². The fourth-order valence-corrected chi connectivity index (χ4v) is 5.03. The Labute approximate surface area is 206 Å². The third-order valence-electron chi connectivity index (χ3n) is 6.24. The first-order valence-electron chi connectivity index (χ1n) is 11.6. The van der Waals surface area contributed by atoms with Crippen LogP contribution in [0.2, 0.25) is 0 Å². The van der Waals surface area contributed by atoms with E-state index in [0.29, 0.717) is 43.4 Å². The van der Waals surface area contributed by atoms with Crippen LogP contribution in [-0.4, -0.2) is 52.4 Å². The monoisotopic (exact) mass is 517 g/mol. The predicted octanol–water partition coefficient (Wildman–Crippen LogP) is 4.03. The second kappa shape index (κ2) is 9.45. The highest BCUT2D eigenvalue weighted by atomic mass is 32.2. The number of nitrogens with zero attached hydrogens (tertiary/aromatic N) is 6. The molecule has 1 saturated heterocycles. The molecular formula is C23H25F2N7O3S. The summed E-state index contributed by atoms with van der Waals surface area (Å²) in [7, 11) is -3.56. The van der Waals surface area contributed by atoms with Gasteiger partial charge in [-0.2, -0.15) is 4.98 Å². The first-order valence-corrected chi connectivity index (χ1v) is 13.5. The van der Waals surface area contributed by atoms with E-state index in [9.17, 15) is 12.8 Å². The highest BCUT2D eigenvalue weighted by Crippen LogP contribution is 2.33. The molecule has 4 aromatic rings. The molecule has 0 radical (unpaired) electrons. The van der Waals surface area contributed by atoms with Crippen molar-refractivity contribution in [2.45, 2.75) is 43.5 Å². The van der Waals surface area contributed by atoms with E-state index in [-0.39, 0.29) is 27.8 Å². The van der Waals surface area contributed by atoms with Crippen LogP contribution in [0.3, 0.4) is 0 Å². The molecule has 1 aliphatic rings. The largest absolute Gasteiger partial charge is 0.337 e. The first kappa shape index (κ1) is 24.1. The third-order valence-corrected chi connectivity index (χ3v) is 7.35. The zero-order valence-corrected chi connectivity index (χ0v) is 20.6. The van der Waals surface area contributed by atoms with E-state index in [1.165, 1.54) is 24.7 Å². The lowest BCUT2D eigenvalue weighted by Crippen LogP contribution is -2.34. The van der Waals surface area contributed by atoms with Crippen LogP contribution >= 0.6 is 0 Å². The number of hydrogen-bond acceptors (Lipinski definition) is 9. The van der Waals surface area contributed by atoms with Crippen LogP contribution in [-0.2, 0) is 16.3 Å². The Morgan fingerprint density at radius 2 is 1.94 bits per heavy atom. The minimum Gasteiger partial charge on any atom is -0.337 e. The zero-order valence-electron chi connectivity index (χ0n) is 19.8. The summed E-state index contributed by atoms with van der Waals surface area (Å²) in [5, 5.41) is 6.92. The molecule has 1 fully saturated rings. The summed E-state index contributed by atoms with van der Waals surface area (Å²) in [4.78, 5) is 14.7. The fourth-order valence-electron chi connectivity index (χ4n) is 4.40. The van der Waals surface area contributed by atoms with E-state index in [1.54, 1.807) is 4.57 Å². The van der Waals surface area contributed by atoms with Gasteiger partial charge in [0, 0.05) is 38.0 Å². The van der Waals surface area contributed by atoms with Crippen LogP contribution in [0.1, 0.15) is 38.1 Å². The smallest absolute Gasteiger partial charge is 0.324 e. The summed E-state index contributed by atoms with van der Waals surface area (Å²) < 4.78 is 60.2. The van der Waals surface area contributed by atoms with Crippen molar-refractivity contribution in [3.8, 4) is 0 Å². The molecule has 10 nitrogen and oxygen atoms in total. The third kappa shape index (κ3) is 4.62. The summed E-state index contributed by atoms with van der Waals surface area (Å²) in [5.74, 6) is -0.550. The number of benzene rings is 1. The maximum atomic E-state index is 15.1. The molecule has 1 N–H and O–H groups in total. The van der Waals surface area contributed by atoms with Crippen molar-refractivity contribution in [3.05, 3.63) is 48.2 Å². The van der Waals surface area contributed by atoms with Gasteiger partial charge in [-0.05, 0) is 37.5 Å². The molecule has 0 aliphatic carbocycles. The van der Waals surface area contributed by atoms with Gasteiger partial charge in [-0.25, -0.2) is 27.2 Å². The Morgan fingerprint density at radius 3 is 2.64 bits per heavy atom. The number of rotatable bonds is 7. The SMILES string of the molecule is CCCc1noc(N2CCC(n3cc(F)c4c(Nc5ccc(S(C)(=O)=O)cc5F)ncnc43)CC2)n1. The lowest BCUT2D eigenvalue weighted by Gasteiger charge is -2.31. The molecule has 36 heavy (non-hydrogen) atoms. The van der Waals surface area contributed by atoms with Crippen LogP contribution in [0, 0.1) is 11.6 Å². The van der Waals surface area contributed by atoms with E-state index in [2.05, 4.69) is 32.3 Å². The van der Waals surface area contributed by atoms with Gasteiger partial charge >= 0.3 is 6.01 Å². The van der Waals surface area contributed by atoms with Crippen LogP contribution < -0.4 is 10.2 Å². The lowest BCUT2D eigenvalue weighted by atomic mass is 10.1. The van der Waals surface area contributed by atoms with Gasteiger partial charge < -0.3 is 19.3 Å². The van der Waals surface area contributed by atoms with Crippen molar-refractivity contribution >= 4 is 38.4 Å². The first-order chi connectivity index (χ1) is 17.2. The Balaban J connectivity index is 1.37. The van der Waals surface area contributed by atoms with Crippen LogP contribution in [0.15, 0.2) is 40.1 Å². The lowest BCUT2D eigenvalue weighted by molar-refractivity contribution is 0.360. The molecule has 13 heteroatoms. The van der Waals surface area contributed by atoms with Crippen molar-refractivity contribution in [1.82, 2.24) is 24.7 Å². The molecule has 0 spiro atoms. The highest BCUT2D eigenvalue weighted by Gasteiger charge is 2.27. The molecule has 0 bridgehead atoms. The molecule has 190 valence electrons. The molecule has 1 aliphatic heterocycles. The average molecular weight is 518 g/mol. The summed E-state index contributed by atoms with van der Waals surface area (Å²) in [6.45, 7) is 3.37. The number of piperidine rings is 1. The minimum absolute atomic E-state index is 0.0141. The van der Waals surface area contributed by atoms with Crippen molar-refractivity contribution in [3.63, 3.8) is 0 Å². The number of aryl methyl sites for hydroxylation is 1. The topological polar surface area (TPSA) is 119 Å². The minimum atomic E-state index is -3.56. The number of nitrogens with one attached hydrogen (secondary N) is 1. The maximum Gasteiger partial charge on any atom is 0.324 e. The Hall–Kier alpha value is -3.61. The van der Waals surface area contributed by atoms with E-state index in [4.69, 9.17) is 4.52 Å². The highest BCUT2D eigenvalue weighted by molar-refractivity contribution is 7.90. The molecular weight excluding hydrogens is 492 g/mol. The van der Waals surface area contributed by atoms with Crippen LogP contribution in [0.4, 0.5) is 26.3 Å². The summed E-state index contributed by atoms with van der Waals surface area (Å²) >= 11 is 0. The molecule has 3 aromatic heterocycles. The standard InChI is InChI=1S/C23H25F2N7O3S/c1-3-4-19-29-23(35-30-19)31-9-7-14(8-10-31)32-12-17(25)20-21(26-13-27-22(20)32)28-18-6-5-15(11-16(18)24)36(2,33)34/h5-6,11-14H,3-4,7-10H2,1-2H3,(H,26,27,28). The van der Waals surface area contributed by atoms with Gasteiger partial charge in [-0.3, -0.25) is 0 Å². The second-order valence-corrected chi connectivity index (χ2v) is 10.8. The molecule has 0 atom stereocenters. The van der Waals surface area contributed by atoms with Gasteiger partial charge in [-0.1, -0.05) is 12.1 Å². The van der Waals surface area contributed by atoms with Crippen LogP contribution in [0.5, 0.6) is 0 Å². The molecule has 1 aromatic carbocycles. The number of halogens is 2. The Bertz CT molecular complexity index is 1510. The number of anilines is 3. The van der Waals surface area contributed by atoms with E-state index < -0.39 is 21.5 Å². The van der Waals surface area contributed by atoms with Gasteiger partial charge in [0.05, 0.1) is 16.0 Å². The number of aromatic nitrogens is 5. The molecule has 0 unspecified atom stereocenters. The molecule has 4 heterocycles. The zero-order chi connectivity index (χ0) is 25.4. The van der Waals surface area contributed by atoms with Gasteiger partial charge in [0.25, 0.3) is 0 Å². The van der Waals surface area contributed by atoms with Crippen LogP contribution in [0.25, 0.3) is 11.0 Å². The average Bonchev–Trinajstić information content (AvgIpc) is 3.45. The van der Waals surface area contributed by atoms with Crippen molar-refractivity contribution < 1.29 is 21.7 Å². The van der Waals surface area contributed by atoms with Gasteiger partial charge in [0.1, 0.15) is 23.6 Å². The molecule has 5 rings (SSSR count). The maximum absolute atomic E-state index is 15.1. The fraction of sp³-hybridized carbons (Fsp3) is 0.391. The number of hydrogen-bond donors (Lipinski definition) is 1. The van der Waals surface area contributed by atoms with Gasteiger partial charge in [0.15, 0.2) is 21.5 Å². The van der Waals surface area contributed by atoms with E-state index >= 15 is 4.39 Å². The van der Waals surface area contributed by atoms with Gasteiger partial charge in [0.2, 0.25) is 0 Å². The molecule has 0 amide bonds. The number of sulfone groups is 1. The quantitative estimate of drug-likeness (QED) is 0.387. The Morgan fingerprint density at radius 1 is 1.17 bits per heavy atom. The number of fused-ring (bicyclic) bond motifs is 1. The summed E-state index contributed by atoms with van der Waals surface area (Å²) in [6, 6.07) is 3.97. The normalized spacial score (nSPS) is 15.1. The molecule has 0 saturated carbocycles. The second-order valence-electron chi connectivity index (χ2n) is 8.81. The van der Waals surface area contributed by atoms with Crippen molar-refractivity contribution in [2.75, 3.05) is 29.6 Å². The summed E-state index contributed by atoms with van der Waals surface area (Å²) in [5.41, 5.74) is 0.365.